The van der Waals surface area contributed by atoms with E-state index in [1.54, 1.807) is 11.3 Å². The number of aromatic nitrogens is 1. The Morgan fingerprint density at radius 1 is 1.21 bits per heavy atom. The number of amides is 1. The summed E-state index contributed by atoms with van der Waals surface area (Å²) in [7, 11) is 2.21. The Hall–Kier alpha value is -1.02. The molecule has 3 fully saturated rings. The van der Waals surface area contributed by atoms with E-state index < -0.39 is 0 Å². The minimum Gasteiger partial charge on any atom is -0.381 e. The molecule has 0 spiro atoms. The number of thiazole rings is 1. The van der Waals surface area contributed by atoms with Gasteiger partial charge in [-0.3, -0.25) is 14.6 Å². The highest BCUT2D eigenvalue weighted by molar-refractivity contribution is 7.09. The molecule has 0 radical (unpaired) electrons. The normalized spacial score (nSPS) is 23.9. The molecule has 1 aromatic rings. The molecule has 7 heteroatoms. The number of hydrogen-bond donors (Lipinski definition) is 0. The largest absolute Gasteiger partial charge is 0.381 e. The highest BCUT2D eigenvalue weighted by atomic mass is 32.1. The lowest BCUT2D eigenvalue weighted by atomic mass is 10.0. The van der Waals surface area contributed by atoms with E-state index in [-0.39, 0.29) is 0 Å². The van der Waals surface area contributed by atoms with Gasteiger partial charge in [0, 0.05) is 68.8 Å². The Labute approximate surface area is 172 Å². The van der Waals surface area contributed by atoms with E-state index in [9.17, 15) is 4.79 Å². The molecule has 3 heterocycles. The highest BCUT2D eigenvalue weighted by Gasteiger charge is 2.39. The van der Waals surface area contributed by atoms with Gasteiger partial charge in [-0.1, -0.05) is 0 Å². The topological polar surface area (TPSA) is 48.9 Å². The summed E-state index contributed by atoms with van der Waals surface area (Å²) >= 11 is 1.75. The number of rotatable bonds is 8. The molecule has 1 amide bonds. The zero-order valence-corrected chi connectivity index (χ0v) is 18.1. The van der Waals surface area contributed by atoms with Gasteiger partial charge in [0.25, 0.3) is 0 Å². The van der Waals surface area contributed by atoms with E-state index >= 15 is 0 Å². The molecule has 4 rings (SSSR count). The zero-order valence-electron chi connectivity index (χ0n) is 17.3. The molecule has 1 aromatic heterocycles. The van der Waals surface area contributed by atoms with Crippen molar-refractivity contribution in [2.45, 2.75) is 57.7 Å². The van der Waals surface area contributed by atoms with E-state index in [4.69, 9.17) is 4.74 Å². The second kappa shape index (κ2) is 9.20. The van der Waals surface area contributed by atoms with Gasteiger partial charge in [0.05, 0.1) is 11.2 Å². The zero-order chi connectivity index (χ0) is 19.5. The van der Waals surface area contributed by atoms with Crippen LogP contribution < -0.4 is 0 Å². The average molecular weight is 407 g/mol. The Balaban J connectivity index is 1.35. The number of likely N-dealkylation sites (N-methyl/N-ethyl adjacent to an activating group) is 1. The summed E-state index contributed by atoms with van der Waals surface area (Å²) in [4.78, 5) is 25.5. The smallest absolute Gasteiger partial charge is 0.225 e. The van der Waals surface area contributed by atoms with E-state index in [1.807, 2.05) is 5.51 Å². The number of ether oxygens (including phenoxy) is 1. The van der Waals surface area contributed by atoms with Crippen molar-refractivity contribution in [1.82, 2.24) is 19.7 Å². The van der Waals surface area contributed by atoms with Gasteiger partial charge in [-0.15, -0.1) is 11.3 Å². The predicted octanol–water partition coefficient (Wildman–Crippen LogP) is 2.38. The molecular weight excluding hydrogens is 372 g/mol. The van der Waals surface area contributed by atoms with Crippen molar-refractivity contribution in [3.63, 3.8) is 0 Å². The van der Waals surface area contributed by atoms with Crippen LogP contribution in [0.3, 0.4) is 0 Å². The molecule has 2 saturated heterocycles. The van der Waals surface area contributed by atoms with Gasteiger partial charge >= 0.3 is 0 Å². The van der Waals surface area contributed by atoms with Crippen LogP contribution in [0, 0.1) is 12.8 Å². The first-order valence-corrected chi connectivity index (χ1v) is 11.7. The van der Waals surface area contributed by atoms with Crippen LogP contribution >= 0.6 is 11.3 Å². The van der Waals surface area contributed by atoms with Gasteiger partial charge in [0.15, 0.2) is 0 Å². The van der Waals surface area contributed by atoms with Crippen LogP contribution in [-0.4, -0.2) is 84.1 Å². The molecule has 1 unspecified atom stereocenters. The van der Waals surface area contributed by atoms with E-state index in [1.165, 1.54) is 4.88 Å². The molecule has 2 aliphatic heterocycles. The Morgan fingerprint density at radius 2 is 2.00 bits per heavy atom. The number of carbonyl (C=O) groups is 1. The summed E-state index contributed by atoms with van der Waals surface area (Å²) in [5, 5.41) is 0. The summed E-state index contributed by atoms with van der Waals surface area (Å²) < 4.78 is 5.61. The lowest BCUT2D eigenvalue weighted by Gasteiger charge is -2.39. The molecular formula is C21H34N4O2S. The van der Waals surface area contributed by atoms with Crippen LogP contribution in [0.4, 0.5) is 0 Å². The van der Waals surface area contributed by atoms with Crippen molar-refractivity contribution < 1.29 is 9.53 Å². The SMILES string of the molecule is Cc1ncsc1CN(C)CCN(C1CCOCC1)C1CCN(C(=O)C2CC2)C1. The minimum absolute atomic E-state index is 0.337. The number of nitrogens with zero attached hydrogens (tertiary/aromatic N) is 4. The van der Waals surface area contributed by atoms with Crippen molar-refractivity contribution in [3.8, 4) is 0 Å². The molecule has 1 aliphatic carbocycles. The average Bonchev–Trinajstić information content (AvgIpc) is 3.32. The molecule has 6 nitrogen and oxygen atoms in total. The van der Waals surface area contributed by atoms with Gasteiger partial charge in [0.1, 0.15) is 0 Å². The van der Waals surface area contributed by atoms with Crippen molar-refractivity contribution >= 4 is 17.2 Å². The van der Waals surface area contributed by atoms with Crippen molar-refractivity contribution in [2.75, 3.05) is 46.4 Å². The lowest BCUT2D eigenvalue weighted by Crippen LogP contribution is -2.49. The lowest BCUT2D eigenvalue weighted by molar-refractivity contribution is -0.131. The van der Waals surface area contributed by atoms with Gasteiger partial charge in [-0.2, -0.15) is 0 Å². The van der Waals surface area contributed by atoms with E-state index in [0.717, 1.165) is 83.7 Å². The van der Waals surface area contributed by atoms with Gasteiger partial charge in [-0.25, -0.2) is 4.98 Å². The third kappa shape index (κ3) is 4.93. The third-order valence-electron chi connectivity index (χ3n) is 6.53. The van der Waals surface area contributed by atoms with Crippen molar-refractivity contribution in [3.05, 3.63) is 16.1 Å². The molecule has 0 aromatic carbocycles. The summed E-state index contributed by atoms with van der Waals surface area (Å²) in [5.41, 5.74) is 3.10. The number of likely N-dealkylation sites (tertiary alicyclic amines) is 1. The Morgan fingerprint density at radius 3 is 2.68 bits per heavy atom. The maximum absolute atomic E-state index is 12.5. The molecule has 1 saturated carbocycles. The summed E-state index contributed by atoms with van der Waals surface area (Å²) in [6.07, 6.45) is 5.56. The van der Waals surface area contributed by atoms with Crippen LogP contribution in [0.1, 0.15) is 42.7 Å². The minimum atomic E-state index is 0.337. The van der Waals surface area contributed by atoms with Gasteiger partial charge < -0.3 is 9.64 Å². The molecule has 156 valence electrons. The second-order valence-electron chi connectivity index (χ2n) is 8.68. The predicted molar refractivity (Wildman–Crippen MR) is 111 cm³/mol. The van der Waals surface area contributed by atoms with E-state index in [2.05, 4.69) is 33.7 Å². The fourth-order valence-corrected chi connectivity index (χ4v) is 5.43. The van der Waals surface area contributed by atoms with Crippen LogP contribution in [0.5, 0.6) is 0 Å². The molecule has 3 aliphatic rings. The van der Waals surface area contributed by atoms with Gasteiger partial charge in [0.2, 0.25) is 5.91 Å². The number of hydrogen-bond acceptors (Lipinski definition) is 6. The summed E-state index contributed by atoms with van der Waals surface area (Å²) in [6.45, 7) is 8.77. The number of aryl methyl sites for hydroxylation is 1. The first-order valence-electron chi connectivity index (χ1n) is 10.8. The van der Waals surface area contributed by atoms with Gasteiger partial charge in [-0.05, 0) is 46.1 Å². The maximum Gasteiger partial charge on any atom is 0.225 e. The molecule has 0 N–H and O–H groups in total. The van der Waals surface area contributed by atoms with Crippen LogP contribution in [0.15, 0.2) is 5.51 Å². The summed E-state index contributed by atoms with van der Waals surface area (Å²) in [6, 6.07) is 1.10. The fraction of sp³-hybridized carbons (Fsp3) is 0.810. The van der Waals surface area contributed by atoms with Crippen molar-refractivity contribution in [1.29, 1.82) is 0 Å². The molecule has 0 bridgehead atoms. The molecule has 1 atom stereocenters. The summed E-state index contributed by atoms with van der Waals surface area (Å²) in [5.74, 6) is 0.747. The van der Waals surface area contributed by atoms with Crippen LogP contribution in [0.25, 0.3) is 0 Å². The van der Waals surface area contributed by atoms with Crippen molar-refractivity contribution in [2.24, 2.45) is 5.92 Å². The Kier molecular flexibility index (Phi) is 6.66. The standard InChI is InChI=1S/C21H34N4O2S/c1-16-20(28-15-22-16)14-23(2)9-10-25(18-6-11-27-12-7-18)19-5-8-24(13-19)21(26)17-3-4-17/h15,17-19H,3-14H2,1-2H3. The first kappa shape index (κ1) is 20.3. The third-order valence-corrected chi connectivity index (χ3v) is 7.45. The first-order chi connectivity index (χ1) is 13.6. The van der Waals surface area contributed by atoms with Crippen LogP contribution in [0.2, 0.25) is 0 Å². The number of carbonyl (C=O) groups excluding carboxylic acids is 1. The Bertz CT molecular complexity index is 657. The highest BCUT2D eigenvalue weighted by Crippen LogP contribution is 2.33. The fourth-order valence-electron chi connectivity index (χ4n) is 4.57. The monoisotopic (exact) mass is 406 g/mol. The van der Waals surface area contributed by atoms with E-state index in [0.29, 0.717) is 23.9 Å². The second-order valence-corrected chi connectivity index (χ2v) is 9.62. The van der Waals surface area contributed by atoms with Crippen LogP contribution in [-0.2, 0) is 16.1 Å². The molecule has 28 heavy (non-hydrogen) atoms. The maximum atomic E-state index is 12.5. The quantitative estimate of drug-likeness (QED) is 0.663.